The molecule has 5 heteroatoms. The highest BCUT2D eigenvalue weighted by Crippen LogP contribution is 2.21. The Balaban J connectivity index is 1.71. The highest BCUT2D eigenvalue weighted by Gasteiger charge is 2.18. The standard InChI is InChI=1S/C22H24N2O3/c1-24-14-20(23-16-24)10-11-22(26)27-21-9-5-2-6-17(15-25)12-18-7-3-4-8-19(18)13-21/h2-5,7-8,10-11,14-17,21H,6,9,12-13H2,1H3/b5-2-,11-10+. The summed E-state index contributed by atoms with van der Waals surface area (Å²) in [5, 5.41) is 0. The molecule has 0 radical (unpaired) electrons. The Hall–Kier alpha value is -2.95. The van der Waals surface area contributed by atoms with Gasteiger partial charge in [0.15, 0.2) is 0 Å². The van der Waals surface area contributed by atoms with Crippen LogP contribution in [-0.4, -0.2) is 27.9 Å². The predicted octanol–water partition coefficient (Wildman–Crippen LogP) is 3.30. The number of hydrogen-bond acceptors (Lipinski definition) is 4. The van der Waals surface area contributed by atoms with E-state index >= 15 is 0 Å². The topological polar surface area (TPSA) is 61.2 Å². The van der Waals surface area contributed by atoms with Crippen molar-refractivity contribution >= 4 is 18.3 Å². The van der Waals surface area contributed by atoms with Gasteiger partial charge in [0.2, 0.25) is 0 Å². The number of aromatic nitrogens is 2. The lowest BCUT2D eigenvalue weighted by Gasteiger charge is -2.20. The number of aldehydes is 1. The van der Waals surface area contributed by atoms with Gasteiger partial charge in [-0.25, -0.2) is 9.78 Å². The van der Waals surface area contributed by atoms with Gasteiger partial charge >= 0.3 is 5.97 Å². The number of rotatable bonds is 4. The first-order valence-electron chi connectivity index (χ1n) is 9.18. The Morgan fingerprint density at radius 3 is 2.63 bits per heavy atom. The number of aryl methyl sites for hydroxylation is 1. The van der Waals surface area contributed by atoms with Crippen molar-refractivity contribution in [2.24, 2.45) is 13.0 Å². The van der Waals surface area contributed by atoms with Gasteiger partial charge in [-0.15, -0.1) is 0 Å². The molecule has 0 bridgehead atoms. The molecule has 0 N–H and O–H groups in total. The summed E-state index contributed by atoms with van der Waals surface area (Å²) in [7, 11) is 1.88. The van der Waals surface area contributed by atoms with E-state index in [4.69, 9.17) is 4.74 Å². The molecule has 1 heterocycles. The van der Waals surface area contributed by atoms with Crippen LogP contribution in [0.4, 0.5) is 0 Å². The lowest BCUT2D eigenvalue weighted by atomic mass is 9.90. The first kappa shape index (κ1) is 18.8. The third-order valence-corrected chi connectivity index (χ3v) is 4.64. The Morgan fingerprint density at radius 1 is 1.19 bits per heavy atom. The number of esters is 1. The Labute approximate surface area is 159 Å². The van der Waals surface area contributed by atoms with E-state index < -0.39 is 0 Å². The minimum atomic E-state index is -0.376. The number of benzene rings is 1. The maximum atomic E-state index is 12.2. The number of hydrogen-bond donors (Lipinski definition) is 0. The van der Waals surface area contributed by atoms with Crippen LogP contribution in [0.3, 0.4) is 0 Å². The molecule has 0 saturated carbocycles. The summed E-state index contributed by atoms with van der Waals surface area (Å²) in [4.78, 5) is 27.7. The Kier molecular flexibility index (Phi) is 6.36. The normalized spacial score (nSPS) is 21.4. The third kappa shape index (κ3) is 5.51. The van der Waals surface area contributed by atoms with Gasteiger partial charge in [0.05, 0.1) is 12.0 Å². The quantitative estimate of drug-likeness (QED) is 0.361. The summed E-state index contributed by atoms with van der Waals surface area (Å²) < 4.78 is 7.50. The van der Waals surface area contributed by atoms with Crippen LogP contribution in [0.2, 0.25) is 0 Å². The van der Waals surface area contributed by atoms with Crippen LogP contribution in [0.15, 0.2) is 55.0 Å². The van der Waals surface area contributed by atoms with Crippen LogP contribution < -0.4 is 0 Å². The molecule has 1 aliphatic rings. The van der Waals surface area contributed by atoms with Crippen LogP contribution >= 0.6 is 0 Å². The van der Waals surface area contributed by atoms with E-state index in [-0.39, 0.29) is 18.0 Å². The highest BCUT2D eigenvalue weighted by atomic mass is 16.5. The fourth-order valence-electron chi connectivity index (χ4n) is 3.24. The zero-order valence-corrected chi connectivity index (χ0v) is 15.5. The molecule has 0 fully saturated rings. The van der Waals surface area contributed by atoms with Crippen molar-refractivity contribution < 1.29 is 14.3 Å². The van der Waals surface area contributed by atoms with E-state index in [9.17, 15) is 9.59 Å². The van der Waals surface area contributed by atoms with Crippen molar-refractivity contribution in [1.29, 1.82) is 0 Å². The lowest BCUT2D eigenvalue weighted by Crippen LogP contribution is -2.21. The van der Waals surface area contributed by atoms with E-state index in [0.29, 0.717) is 31.4 Å². The largest absolute Gasteiger partial charge is 0.459 e. The van der Waals surface area contributed by atoms with Gasteiger partial charge in [-0.05, 0) is 30.0 Å². The lowest BCUT2D eigenvalue weighted by molar-refractivity contribution is -0.142. The number of fused-ring (bicyclic) bond motifs is 1. The van der Waals surface area contributed by atoms with Crippen molar-refractivity contribution in [2.45, 2.75) is 31.8 Å². The van der Waals surface area contributed by atoms with E-state index in [1.807, 2.05) is 48.2 Å². The molecule has 1 aromatic carbocycles. The van der Waals surface area contributed by atoms with Crippen molar-refractivity contribution in [3.05, 3.63) is 71.8 Å². The molecule has 2 atom stereocenters. The third-order valence-electron chi connectivity index (χ3n) is 4.64. The smallest absolute Gasteiger partial charge is 0.331 e. The van der Waals surface area contributed by atoms with Crippen molar-refractivity contribution in [3.8, 4) is 0 Å². The summed E-state index contributed by atoms with van der Waals surface area (Å²) in [6.45, 7) is 0. The van der Waals surface area contributed by atoms with Gasteiger partial charge in [-0.2, -0.15) is 0 Å². The highest BCUT2D eigenvalue weighted by molar-refractivity contribution is 5.86. The number of carbonyl (C=O) groups excluding carboxylic acids is 2. The van der Waals surface area contributed by atoms with Gasteiger partial charge in [-0.3, -0.25) is 0 Å². The van der Waals surface area contributed by atoms with Crippen molar-refractivity contribution in [3.63, 3.8) is 0 Å². The Morgan fingerprint density at radius 2 is 1.93 bits per heavy atom. The molecule has 2 aromatic rings. The predicted molar refractivity (Wildman–Crippen MR) is 104 cm³/mol. The van der Waals surface area contributed by atoms with Gasteiger partial charge in [0, 0.05) is 38.1 Å². The summed E-state index contributed by atoms with van der Waals surface area (Å²) in [6, 6.07) is 8.07. The Bertz CT molecular complexity index is 851. The van der Waals surface area contributed by atoms with E-state index in [1.54, 1.807) is 12.4 Å². The zero-order valence-electron chi connectivity index (χ0n) is 15.5. The van der Waals surface area contributed by atoms with Crippen LogP contribution in [0, 0.1) is 5.92 Å². The minimum Gasteiger partial charge on any atom is -0.459 e. The van der Waals surface area contributed by atoms with E-state index in [1.165, 1.54) is 6.08 Å². The molecule has 1 aliphatic carbocycles. The molecule has 0 spiro atoms. The first-order valence-corrected chi connectivity index (χ1v) is 9.18. The summed E-state index contributed by atoms with van der Waals surface area (Å²) in [5.41, 5.74) is 2.99. The maximum Gasteiger partial charge on any atom is 0.331 e. The minimum absolute atomic E-state index is 0.0113. The first-order chi connectivity index (χ1) is 13.1. The molecule has 0 aliphatic heterocycles. The fourth-order valence-corrected chi connectivity index (χ4v) is 3.24. The zero-order chi connectivity index (χ0) is 19.1. The number of imidazole rings is 1. The SMILES string of the molecule is Cn1cnc(/C=C/C(=O)OC2C/C=C\CC(C=O)Cc3ccccc3C2)c1. The van der Waals surface area contributed by atoms with Crippen LogP contribution in [0.5, 0.6) is 0 Å². The monoisotopic (exact) mass is 364 g/mol. The fraction of sp³-hybridized carbons (Fsp3) is 0.318. The second-order valence-corrected chi connectivity index (χ2v) is 6.87. The second kappa shape index (κ2) is 9.12. The molecule has 140 valence electrons. The molecule has 1 aromatic heterocycles. The van der Waals surface area contributed by atoms with Gasteiger partial charge in [-0.1, -0.05) is 36.4 Å². The average molecular weight is 364 g/mol. The summed E-state index contributed by atoms with van der Waals surface area (Å²) in [5.74, 6) is -0.387. The number of allylic oxidation sites excluding steroid dienone is 1. The summed E-state index contributed by atoms with van der Waals surface area (Å²) >= 11 is 0. The second-order valence-electron chi connectivity index (χ2n) is 6.87. The van der Waals surface area contributed by atoms with Crippen LogP contribution in [0.1, 0.15) is 29.7 Å². The number of ether oxygens (including phenoxy) is 1. The van der Waals surface area contributed by atoms with E-state index in [0.717, 1.165) is 17.4 Å². The van der Waals surface area contributed by atoms with Crippen molar-refractivity contribution in [1.82, 2.24) is 9.55 Å². The molecule has 0 amide bonds. The van der Waals surface area contributed by atoms with Crippen LogP contribution in [-0.2, 0) is 34.2 Å². The number of nitrogens with zero attached hydrogens (tertiary/aromatic N) is 2. The molecule has 3 rings (SSSR count). The maximum absolute atomic E-state index is 12.2. The van der Waals surface area contributed by atoms with E-state index in [2.05, 4.69) is 11.1 Å². The number of carbonyl (C=O) groups is 2. The molecule has 0 saturated heterocycles. The van der Waals surface area contributed by atoms with Crippen molar-refractivity contribution in [2.75, 3.05) is 0 Å². The molecule has 27 heavy (non-hydrogen) atoms. The molecular formula is C22H24N2O3. The van der Waals surface area contributed by atoms with Crippen LogP contribution in [0.25, 0.3) is 6.08 Å². The molecule has 5 nitrogen and oxygen atoms in total. The summed E-state index contributed by atoms with van der Waals surface area (Å²) in [6.07, 6.45) is 14.1. The molecular weight excluding hydrogens is 340 g/mol. The molecule has 2 unspecified atom stereocenters. The van der Waals surface area contributed by atoms with Gasteiger partial charge in [0.1, 0.15) is 12.4 Å². The van der Waals surface area contributed by atoms with Gasteiger partial charge in [0.25, 0.3) is 0 Å². The van der Waals surface area contributed by atoms with Gasteiger partial charge < -0.3 is 14.1 Å². The average Bonchev–Trinajstić information content (AvgIpc) is 3.09.